The number of methoxy groups -OCH3 is 1. The Kier molecular flexibility index (Phi) is 6.70. The van der Waals surface area contributed by atoms with Crippen LogP contribution in [-0.2, 0) is 15.0 Å². The summed E-state index contributed by atoms with van der Waals surface area (Å²) in [5, 5.41) is 19.3. The maximum atomic E-state index is 14.1. The van der Waals surface area contributed by atoms with Crippen molar-refractivity contribution in [1.82, 2.24) is 20.1 Å². The number of nitrogens with zero attached hydrogens (tertiary/aromatic N) is 3. The van der Waals surface area contributed by atoms with Gasteiger partial charge in [-0.25, -0.2) is 13.8 Å². The highest BCUT2D eigenvalue weighted by molar-refractivity contribution is 5.99. The van der Waals surface area contributed by atoms with Crippen LogP contribution in [0.25, 0.3) is 11.0 Å². The number of benzene rings is 1. The molecule has 2 aromatic heterocycles. The first-order chi connectivity index (χ1) is 16.7. The number of H-pyrrole nitrogens is 1. The first kappa shape index (κ1) is 24.5. The lowest BCUT2D eigenvalue weighted by Gasteiger charge is -2.42. The Morgan fingerprint density at radius 3 is 2.49 bits per heavy atom. The molecular formula is C24H27F2N5O4. The molecule has 1 saturated carbocycles. The van der Waals surface area contributed by atoms with Crippen LogP contribution in [0.3, 0.4) is 0 Å². The van der Waals surface area contributed by atoms with Gasteiger partial charge in [-0.15, -0.1) is 0 Å². The normalized spacial score (nSPS) is 17.5. The minimum absolute atomic E-state index is 0.0893. The van der Waals surface area contributed by atoms with Gasteiger partial charge in [-0.1, -0.05) is 12.1 Å². The van der Waals surface area contributed by atoms with Gasteiger partial charge < -0.3 is 20.1 Å². The molecular weight excluding hydrogens is 460 g/mol. The Morgan fingerprint density at radius 1 is 1.17 bits per heavy atom. The Hall–Kier alpha value is -3.60. The fourth-order valence-corrected chi connectivity index (χ4v) is 4.55. The predicted octanol–water partition coefficient (Wildman–Crippen LogP) is 2.87. The predicted molar refractivity (Wildman–Crippen MR) is 124 cm³/mol. The van der Waals surface area contributed by atoms with E-state index in [1.807, 2.05) is 0 Å². The molecule has 1 atom stereocenters. The highest BCUT2D eigenvalue weighted by Crippen LogP contribution is 2.47. The number of carbonyl (C=O) groups is 2. The average molecular weight is 488 g/mol. The van der Waals surface area contributed by atoms with Gasteiger partial charge in [-0.05, 0) is 42.7 Å². The van der Waals surface area contributed by atoms with Crippen molar-refractivity contribution in [2.45, 2.75) is 43.1 Å². The Morgan fingerprint density at radius 2 is 1.86 bits per heavy atom. The summed E-state index contributed by atoms with van der Waals surface area (Å²) in [5.74, 6) is -3.22. The Balaban J connectivity index is 1.59. The van der Waals surface area contributed by atoms with Crippen molar-refractivity contribution in [3.05, 3.63) is 48.2 Å². The molecule has 1 fully saturated rings. The van der Waals surface area contributed by atoms with E-state index < -0.39 is 48.6 Å². The van der Waals surface area contributed by atoms with Crippen LogP contribution in [0.15, 0.2) is 42.6 Å². The first-order valence-corrected chi connectivity index (χ1v) is 11.2. The summed E-state index contributed by atoms with van der Waals surface area (Å²) in [6.07, 6.45) is 0.413. The van der Waals surface area contributed by atoms with E-state index in [9.17, 15) is 23.5 Å². The van der Waals surface area contributed by atoms with E-state index in [-0.39, 0.29) is 18.7 Å². The van der Waals surface area contributed by atoms with Crippen molar-refractivity contribution < 1.29 is 28.2 Å². The van der Waals surface area contributed by atoms with Crippen LogP contribution >= 0.6 is 0 Å². The second kappa shape index (κ2) is 9.57. The molecule has 186 valence electrons. The molecule has 3 N–H and O–H groups in total. The number of alkyl halides is 2. The highest BCUT2D eigenvalue weighted by Gasteiger charge is 2.51. The number of pyridine rings is 1. The van der Waals surface area contributed by atoms with E-state index in [1.165, 1.54) is 20.4 Å². The number of amides is 2. The number of rotatable bonds is 7. The van der Waals surface area contributed by atoms with E-state index >= 15 is 0 Å². The van der Waals surface area contributed by atoms with Gasteiger partial charge in [-0.2, -0.15) is 5.10 Å². The Labute approximate surface area is 200 Å². The van der Waals surface area contributed by atoms with Crippen LogP contribution < -0.4 is 10.1 Å². The topological polar surface area (TPSA) is 120 Å². The van der Waals surface area contributed by atoms with Crippen LogP contribution in [0.1, 0.15) is 31.2 Å². The number of fused-ring (bicyclic) bond motifs is 1. The number of anilines is 1. The lowest BCUT2D eigenvalue weighted by atomic mass is 9.67. The highest BCUT2D eigenvalue weighted by atomic mass is 19.3. The molecule has 2 heterocycles. The summed E-state index contributed by atoms with van der Waals surface area (Å²) >= 11 is 0. The van der Waals surface area contributed by atoms with Crippen LogP contribution in [0.2, 0.25) is 0 Å². The number of carbonyl (C=O) groups excluding carboxylic acids is 2. The zero-order valence-electron chi connectivity index (χ0n) is 19.4. The minimum Gasteiger partial charge on any atom is -0.497 e. The number of ether oxygens (including phenoxy) is 1. The third-order valence-corrected chi connectivity index (χ3v) is 6.70. The quantitative estimate of drug-likeness (QED) is 0.471. The van der Waals surface area contributed by atoms with Gasteiger partial charge in [0.1, 0.15) is 23.1 Å². The second-order valence-electron chi connectivity index (χ2n) is 8.77. The molecule has 0 saturated heterocycles. The number of hydrogen-bond donors (Lipinski definition) is 3. The molecule has 4 rings (SSSR count). The molecule has 1 aromatic carbocycles. The van der Waals surface area contributed by atoms with E-state index in [0.717, 1.165) is 4.90 Å². The molecule has 3 aromatic rings. The Bertz CT molecular complexity index is 1200. The number of halogens is 2. The molecule has 0 bridgehead atoms. The SMILES string of the molecule is COc1ccc(C2(C(=O)N(C)[C@H](CO)C(=O)Nc3ccc4[nH]ncc4n3)CCC(F)(F)CC2)cc1. The standard InChI is InChI=1S/C24H27F2N5O4/c1-31(19(14-32)21(33)29-20-8-7-17-18(28-20)13-27-30-17)22(34)23(9-11-24(25,26)12-10-23)15-3-5-16(35-2)6-4-15/h3-8,13,19,32H,9-12,14H2,1-2H3,(H,27,30)(H,28,29,33)/t19-/m1/s1. The number of nitrogens with one attached hydrogen (secondary N) is 2. The monoisotopic (exact) mass is 487 g/mol. The second-order valence-corrected chi connectivity index (χ2v) is 8.77. The number of aliphatic hydroxyl groups excluding tert-OH is 1. The van der Waals surface area contributed by atoms with Crippen molar-refractivity contribution in [1.29, 1.82) is 0 Å². The fraction of sp³-hybridized carbons (Fsp3) is 0.417. The molecule has 35 heavy (non-hydrogen) atoms. The number of aliphatic hydroxyl groups is 1. The molecule has 11 heteroatoms. The first-order valence-electron chi connectivity index (χ1n) is 11.2. The summed E-state index contributed by atoms with van der Waals surface area (Å²) < 4.78 is 33.3. The number of aromatic nitrogens is 3. The van der Waals surface area contributed by atoms with Gasteiger partial charge in [0, 0.05) is 19.9 Å². The van der Waals surface area contributed by atoms with E-state index in [1.54, 1.807) is 36.4 Å². The third kappa shape index (κ3) is 4.81. The molecule has 0 unspecified atom stereocenters. The van der Waals surface area contributed by atoms with Crippen molar-refractivity contribution in [2.24, 2.45) is 0 Å². The lowest BCUT2D eigenvalue weighted by molar-refractivity contribution is -0.147. The van der Waals surface area contributed by atoms with Gasteiger partial charge in [0.2, 0.25) is 11.8 Å². The smallest absolute Gasteiger partial charge is 0.250 e. The fourth-order valence-electron chi connectivity index (χ4n) is 4.55. The van der Waals surface area contributed by atoms with Gasteiger partial charge in [0.15, 0.2) is 0 Å². The third-order valence-electron chi connectivity index (χ3n) is 6.70. The maximum Gasteiger partial charge on any atom is 0.250 e. The lowest BCUT2D eigenvalue weighted by Crippen LogP contribution is -2.55. The summed E-state index contributed by atoms with van der Waals surface area (Å²) in [6.45, 7) is -0.656. The summed E-state index contributed by atoms with van der Waals surface area (Å²) in [5.41, 5.74) is 0.526. The molecule has 9 nitrogen and oxygen atoms in total. The van der Waals surface area contributed by atoms with Crippen molar-refractivity contribution in [3.8, 4) is 5.75 Å². The zero-order valence-corrected chi connectivity index (χ0v) is 19.4. The van der Waals surface area contributed by atoms with Crippen LogP contribution in [0, 0.1) is 0 Å². The van der Waals surface area contributed by atoms with Crippen LogP contribution in [-0.4, -0.2) is 69.7 Å². The van der Waals surface area contributed by atoms with E-state index in [0.29, 0.717) is 22.3 Å². The summed E-state index contributed by atoms with van der Waals surface area (Å²) in [4.78, 5) is 32.2. The molecule has 0 spiro atoms. The number of likely N-dealkylation sites (N-methyl/N-ethyl adjacent to an activating group) is 1. The average Bonchev–Trinajstić information content (AvgIpc) is 3.32. The van der Waals surface area contributed by atoms with Gasteiger partial charge >= 0.3 is 0 Å². The minimum atomic E-state index is -2.86. The molecule has 2 amide bonds. The molecule has 1 aliphatic rings. The summed E-state index contributed by atoms with van der Waals surface area (Å²) in [7, 11) is 2.90. The van der Waals surface area contributed by atoms with Crippen molar-refractivity contribution in [2.75, 3.05) is 26.1 Å². The molecule has 0 aliphatic heterocycles. The van der Waals surface area contributed by atoms with Crippen LogP contribution in [0.5, 0.6) is 5.75 Å². The number of aromatic amines is 1. The van der Waals surface area contributed by atoms with Crippen molar-refractivity contribution >= 4 is 28.7 Å². The number of hydrogen-bond acceptors (Lipinski definition) is 6. The largest absolute Gasteiger partial charge is 0.497 e. The van der Waals surface area contributed by atoms with Crippen LogP contribution in [0.4, 0.5) is 14.6 Å². The molecule has 0 radical (unpaired) electrons. The summed E-state index contributed by atoms with van der Waals surface area (Å²) in [6, 6.07) is 8.72. The van der Waals surface area contributed by atoms with E-state index in [4.69, 9.17) is 4.74 Å². The molecule has 1 aliphatic carbocycles. The zero-order chi connectivity index (χ0) is 25.2. The van der Waals surface area contributed by atoms with Crippen molar-refractivity contribution in [3.63, 3.8) is 0 Å². The maximum absolute atomic E-state index is 14.1. The van der Waals surface area contributed by atoms with Gasteiger partial charge in [-0.3, -0.25) is 14.7 Å². The van der Waals surface area contributed by atoms with E-state index in [2.05, 4.69) is 20.5 Å². The van der Waals surface area contributed by atoms with Gasteiger partial charge in [0.05, 0.1) is 30.8 Å². The van der Waals surface area contributed by atoms with Gasteiger partial charge in [0.25, 0.3) is 5.91 Å².